The van der Waals surface area contributed by atoms with Gasteiger partial charge in [-0.3, -0.25) is 9.78 Å². The number of carbonyl (C=O) groups excluding carboxylic acids is 1. The quantitative estimate of drug-likeness (QED) is 0.718. The SMILES string of the molecule is O=C1NC(C2CC2)Cc2[nH]c3c(ccc4cnccc43)c21. The number of hydrogen-bond acceptors (Lipinski definition) is 2. The van der Waals surface area contributed by atoms with Gasteiger partial charge in [-0.15, -0.1) is 0 Å². The van der Waals surface area contributed by atoms with E-state index in [4.69, 9.17) is 0 Å². The van der Waals surface area contributed by atoms with Crippen LogP contribution in [0.4, 0.5) is 0 Å². The summed E-state index contributed by atoms with van der Waals surface area (Å²) >= 11 is 0. The lowest BCUT2D eigenvalue weighted by Gasteiger charge is -2.23. The van der Waals surface area contributed by atoms with Crippen LogP contribution in [0.25, 0.3) is 21.7 Å². The Hall–Kier alpha value is -2.36. The number of hydrogen-bond donors (Lipinski definition) is 2. The number of fused-ring (bicyclic) bond motifs is 5. The van der Waals surface area contributed by atoms with Gasteiger partial charge in [-0.2, -0.15) is 0 Å². The summed E-state index contributed by atoms with van der Waals surface area (Å²) < 4.78 is 0. The van der Waals surface area contributed by atoms with Gasteiger partial charge in [0.05, 0.1) is 11.1 Å². The van der Waals surface area contributed by atoms with Gasteiger partial charge < -0.3 is 10.3 Å². The topological polar surface area (TPSA) is 57.8 Å². The lowest BCUT2D eigenvalue weighted by Crippen LogP contribution is -2.42. The summed E-state index contributed by atoms with van der Waals surface area (Å²) in [7, 11) is 0. The molecule has 1 atom stereocenters. The summed E-state index contributed by atoms with van der Waals surface area (Å²) in [6.45, 7) is 0. The van der Waals surface area contributed by atoms with Gasteiger partial charge in [0.15, 0.2) is 0 Å². The van der Waals surface area contributed by atoms with Crippen LogP contribution in [0.15, 0.2) is 30.6 Å². The maximum atomic E-state index is 12.5. The number of H-pyrrole nitrogens is 1. The van der Waals surface area contributed by atoms with E-state index in [1.807, 2.05) is 24.4 Å². The molecule has 3 heterocycles. The molecule has 5 rings (SSSR count). The molecule has 0 bridgehead atoms. The van der Waals surface area contributed by atoms with E-state index in [0.29, 0.717) is 12.0 Å². The molecule has 1 fully saturated rings. The third kappa shape index (κ3) is 1.56. The molecule has 3 aromatic rings. The Morgan fingerprint density at radius 2 is 2.05 bits per heavy atom. The van der Waals surface area contributed by atoms with Crippen molar-refractivity contribution in [2.24, 2.45) is 5.92 Å². The lowest BCUT2D eigenvalue weighted by molar-refractivity contribution is 0.0921. The Labute approximate surface area is 121 Å². The average Bonchev–Trinajstić information content (AvgIpc) is 3.27. The maximum Gasteiger partial charge on any atom is 0.253 e. The number of nitrogens with zero attached hydrogens (tertiary/aromatic N) is 1. The van der Waals surface area contributed by atoms with E-state index in [-0.39, 0.29) is 5.91 Å². The molecule has 4 nitrogen and oxygen atoms in total. The summed E-state index contributed by atoms with van der Waals surface area (Å²) in [6.07, 6.45) is 7.08. The van der Waals surface area contributed by atoms with E-state index in [0.717, 1.165) is 39.4 Å². The minimum Gasteiger partial charge on any atom is -0.357 e. The first-order valence-corrected chi connectivity index (χ1v) is 7.49. The van der Waals surface area contributed by atoms with E-state index >= 15 is 0 Å². The largest absolute Gasteiger partial charge is 0.357 e. The van der Waals surface area contributed by atoms with Crippen LogP contribution in [0.1, 0.15) is 28.9 Å². The predicted molar refractivity (Wildman–Crippen MR) is 81.3 cm³/mol. The van der Waals surface area contributed by atoms with Gasteiger partial charge in [0.2, 0.25) is 0 Å². The van der Waals surface area contributed by atoms with E-state index < -0.39 is 0 Å². The van der Waals surface area contributed by atoms with Crippen molar-refractivity contribution in [2.45, 2.75) is 25.3 Å². The highest BCUT2D eigenvalue weighted by molar-refractivity contribution is 6.15. The zero-order valence-corrected chi connectivity index (χ0v) is 11.5. The Morgan fingerprint density at radius 3 is 2.90 bits per heavy atom. The van der Waals surface area contributed by atoms with Crippen LogP contribution in [-0.4, -0.2) is 21.9 Å². The van der Waals surface area contributed by atoms with Gasteiger partial charge in [0.1, 0.15) is 0 Å². The third-order valence-electron chi connectivity index (χ3n) is 4.83. The fourth-order valence-corrected chi connectivity index (χ4v) is 3.59. The molecule has 0 saturated heterocycles. The highest BCUT2D eigenvalue weighted by Crippen LogP contribution is 2.38. The average molecular weight is 277 g/mol. The lowest BCUT2D eigenvalue weighted by atomic mass is 9.96. The first-order chi connectivity index (χ1) is 10.3. The first kappa shape index (κ1) is 11.3. The van der Waals surface area contributed by atoms with Crippen LogP contribution >= 0.6 is 0 Å². The van der Waals surface area contributed by atoms with Crippen LogP contribution in [-0.2, 0) is 6.42 Å². The predicted octanol–water partition coefficient (Wildman–Crippen LogP) is 2.78. The summed E-state index contributed by atoms with van der Waals surface area (Å²) in [5, 5.41) is 6.44. The van der Waals surface area contributed by atoms with Gasteiger partial charge >= 0.3 is 0 Å². The van der Waals surface area contributed by atoms with E-state index in [1.165, 1.54) is 12.8 Å². The molecule has 104 valence electrons. The fourth-order valence-electron chi connectivity index (χ4n) is 3.59. The zero-order chi connectivity index (χ0) is 14.0. The normalized spacial score (nSPS) is 21.5. The van der Waals surface area contributed by atoms with Crippen molar-refractivity contribution in [3.63, 3.8) is 0 Å². The molecule has 4 heteroatoms. The summed E-state index contributed by atoms with van der Waals surface area (Å²) in [5.74, 6) is 0.752. The molecule has 2 aromatic heterocycles. The second kappa shape index (κ2) is 3.85. The highest BCUT2D eigenvalue weighted by Gasteiger charge is 2.37. The molecule has 1 aliphatic heterocycles. The standard InChI is InChI=1S/C17H15N3O/c21-17-15-12-4-3-10-8-18-6-5-11(10)16(12)19-14(15)7-13(20-17)9-1-2-9/h3-6,8-9,13,19H,1-2,7H2,(H,20,21). The Balaban J connectivity index is 1.78. The molecule has 1 aliphatic carbocycles. The van der Waals surface area contributed by atoms with E-state index in [2.05, 4.69) is 15.3 Å². The van der Waals surface area contributed by atoms with Crippen LogP contribution in [0, 0.1) is 5.92 Å². The molecular weight excluding hydrogens is 262 g/mol. The molecule has 0 spiro atoms. The molecule has 1 saturated carbocycles. The minimum atomic E-state index is 0.0767. The van der Waals surface area contributed by atoms with E-state index in [9.17, 15) is 4.79 Å². The van der Waals surface area contributed by atoms with Crippen molar-refractivity contribution < 1.29 is 4.79 Å². The van der Waals surface area contributed by atoms with Crippen LogP contribution in [0.3, 0.4) is 0 Å². The van der Waals surface area contributed by atoms with Crippen molar-refractivity contribution in [3.8, 4) is 0 Å². The summed E-state index contributed by atoms with van der Waals surface area (Å²) in [6, 6.07) is 6.40. The minimum absolute atomic E-state index is 0.0767. The van der Waals surface area contributed by atoms with Crippen LogP contribution in [0.5, 0.6) is 0 Å². The molecule has 1 amide bonds. The van der Waals surface area contributed by atoms with Crippen molar-refractivity contribution in [3.05, 3.63) is 41.9 Å². The Bertz CT molecular complexity index is 892. The number of aromatic nitrogens is 2. The van der Waals surface area contributed by atoms with E-state index in [1.54, 1.807) is 6.20 Å². The van der Waals surface area contributed by atoms with Crippen LogP contribution in [0.2, 0.25) is 0 Å². The maximum absolute atomic E-state index is 12.5. The molecule has 0 radical (unpaired) electrons. The van der Waals surface area contributed by atoms with Crippen molar-refractivity contribution in [1.29, 1.82) is 0 Å². The van der Waals surface area contributed by atoms with Crippen molar-refractivity contribution in [1.82, 2.24) is 15.3 Å². The number of benzene rings is 1. The van der Waals surface area contributed by atoms with Gasteiger partial charge in [-0.25, -0.2) is 0 Å². The monoisotopic (exact) mass is 277 g/mol. The van der Waals surface area contributed by atoms with Crippen LogP contribution < -0.4 is 5.32 Å². The third-order valence-corrected chi connectivity index (χ3v) is 4.83. The van der Waals surface area contributed by atoms with Gasteiger partial charge in [-0.05, 0) is 24.8 Å². The zero-order valence-electron chi connectivity index (χ0n) is 11.5. The highest BCUT2D eigenvalue weighted by atomic mass is 16.1. The summed E-state index contributed by atoms with van der Waals surface area (Å²) in [5.41, 5.74) is 2.99. The fraction of sp³-hybridized carbons (Fsp3) is 0.294. The number of rotatable bonds is 1. The smallest absolute Gasteiger partial charge is 0.253 e. The number of aromatic amines is 1. The van der Waals surface area contributed by atoms with Gasteiger partial charge in [-0.1, -0.05) is 12.1 Å². The second-order valence-corrected chi connectivity index (χ2v) is 6.18. The van der Waals surface area contributed by atoms with Gasteiger partial charge in [0.25, 0.3) is 5.91 Å². The molecule has 21 heavy (non-hydrogen) atoms. The number of amides is 1. The molecule has 2 N–H and O–H groups in total. The van der Waals surface area contributed by atoms with Crippen molar-refractivity contribution >= 4 is 27.6 Å². The molecular formula is C17H15N3O. The molecule has 1 aromatic carbocycles. The number of pyridine rings is 1. The summed E-state index contributed by atoms with van der Waals surface area (Å²) in [4.78, 5) is 20.2. The first-order valence-electron chi connectivity index (χ1n) is 7.49. The second-order valence-electron chi connectivity index (χ2n) is 6.18. The van der Waals surface area contributed by atoms with Crippen molar-refractivity contribution in [2.75, 3.05) is 0 Å². The van der Waals surface area contributed by atoms with Gasteiger partial charge in [0, 0.05) is 46.7 Å². The Kier molecular flexibility index (Phi) is 2.07. The molecule has 2 aliphatic rings. The number of nitrogens with one attached hydrogen (secondary N) is 2. The number of carbonyl (C=O) groups is 1. The molecule has 1 unspecified atom stereocenters. The Morgan fingerprint density at radius 1 is 1.14 bits per heavy atom.